The fourth-order valence-corrected chi connectivity index (χ4v) is 2.28. The monoisotopic (exact) mass is 296 g/mol. The molecule has 0 spiro atoms. The van der Waals surface area contributed by atoms with E-state index in [1.54, 1.807) is 18.4 Å². The number of aromatic nitrogens is 2. The van der Waals surface area contributed by atoms with Gasteiger partial charge in [0.25, 0.3) is 5.91 Å². The van der Waals surface area contributed by atoms with E-state index in [0.29, 0.717) is 18.0 Å². The second-order valence-corrected chi connectivity index (χ2v) is 4.70. The molecule has 20 heavy (non-hydrogen) atoms. The summed E-state index contributed by atoms with van der Waals surface area (Å²) in [5.74, 6) is 0.642. The van der Waals surface area contributed by atoms with Gasteiger partial charge in [-0.1, -0.05) is 0 Å². The van der Waals surface area contributed by atoms with E-state index in [9.17, 15) is 4.79 Å². The van der Waals surface area contributed by atoms with Gasteiger partial charge >= 0.3 is 0 Å². The number of furan rings is 1. The number of aromatic amines is 1. The Hall–Kier alpha value is -1.79. The van der Waals surface area contributed by atoms with Gasteiger partial charge in [-0.25, -0.2) is 0 Å². The number of carbonyl (C=O) groups is 1. The third kappa shape index (κ3) is 2.71. The van der Waals surface area contributed by atoms with E-state index < -0.39 is 0 Å². The molecule has 1 saturated heterocycles. The van der Waals surface area contributed by atoms with Crippen molar-refractivity contribution in [1.29, 1.82) is 0 Å². The van der Waals surface area contributed by atoms with Crippen LogP contribution in [-0.4, -0.2) is 46.7 Å². The van der Waals surface area contributed by atoms with Gasteiger partial charge in [-0.05, 0) is 19.1 Å². The highest BCUT2D eigenvalue weighted by molar-refractivity contribution is 5.93. The third-order valence-electron chi connectivity index (χ3n) is 3.35. The average Bonchev–Trinajstić information content (AvgIpc) is 3.09. The van der Waals surface area contributed by atoms with Crippen LogP contribution in [0.25, 0.3) is 11.5 Å². The molecule has 3 rings (SSSR count). The van der Waals surface area contributed by atoms with E-state index in [0.717, 1.165) is 18.8 Å². The topological polar surface area (TPSA) is 74.2 Å². The Morgan fingerprint density at radius 2 is 2.40 bits per heavy atom. The molecule has 0 saturated carbocycles. The number of nitrogens with zero attached hydrogens (tertiary/aromatic N) is 2. The van der Waals surface area contributed by atoms with Crippen LogP contribution in [-0.2, 0) is 0 Å². The molecule has 6 nitrogen and oxygen atoms in total. The summed E-state index contributed by atoms with van der Waals surface area (Å²) in [5, 5.41) is 10.2. The fourth-order valence-electron chi connectivity index (χ4n) is 2.28. The Kier molecular flexibility index (Phi) is 4.46. The number of hydrogen-bond acceptors (Lipinski definition) is 4. The zero-order valence-corrected chi connectivity index (χ0v) is 11.9. The molecule has 0 unspecified atom stereocenters. The summed E-state index contributed by atoms with van der Waals surface area (Å²) in [6.07, 6.45) is 1.59. The SMILES string of the molecule is C[C@@H]1CNCCN1C(=O)c1cc(-c2ccco2)[nH]n1.Cl. The first kappa shape index (κ1) is 14.6. The molecule has 7 heteroatoms. The number of hydrogen-bond donors (Lipinski definition) is 2. The summed E-state index contributed by atoms with van der Waals surface area (Å²) in [6, 6.07) is 5.55. The first-order valence-corrected chi connectivity index (χ1v) is 6.36. The highest BCUT2D eigenvalue weighted by Gasteiger charge is 2.25. The molecule has 0 aliphatic carbocycles. The molecule has 1 fully saturated rings. The van der Waals surface area contributed by atoms with Crippen molar-refractivity contribution >= 4 is 18.3 Å². The van der Waals surface area contributed by atoms with Crippen LogP contribution in [0.4, 0.5) is 0 Å². The molecule has 2 N–H and O–H groups in total. The number of halogens is 1. The van der Waals surface area contributed by atoms with Crippen molar-refractivity contribution < 1.29 is 9.21 Å². The number of piperazine rings is 1. The van der Waals surface area contributed by atoms with E-state index in [-0.39, 0.29) is 24.4 Å². The summed E-state index contributed by atoms with van der Waals surface area (Å²) < 4.78 is 5.27. The smallest absolute Gasteiger partial charge is 0.274 e. The lowest BCUT2D eigenvalue weighted by Crippen LogP contribution is -2.52. The first-order chi connectivity index (χ1) is 9.25. The standard InChI is InChI=1S/C13H16N4O2.ClH/c1-9-8-14-4-5-17(9)13(18)11-7-10(15-16-11)12-3-2-6-19-12;/h2-3,6-7,9,14H,4-5,8H2,1H3,(H,15,16);1H/t9-;/m1./s1. The number of nitrogens with one attached hydrogen (secondary N) is 2. The molecule has 1 aliphatic heterocycles. The summed E-state index contributed by atoms with van der Waals surface area (Å²) in [4.78, 5) is 14.2. The molecule has 1 aliphatic rings. The Morgan fingerprint density at radius 3 is 3.10 bits per heavy atom. The average molecular weight is 297 g/mol. The third-order valence-corrected chi connectivity index (χ3v) is 3.35. The van der Waals surface area contributed by atoms with Crippen molar-refractivity contribution in [2.75, 3.05) is 19.6 Å². The Bertz CT molecular complexity index is 567. The largest absolute Gasteiger partial charge is 0.463 e. The molecule has 1 atom stereocenters. The van der Waals surface area contributed by atoms with E-state index >= 15 is 0 Å². The molecule has 2 aromatic rings. The molecule has 0 radical (unpaired) electrons. The second kappa shape index (κ2) is 6.11. The van der Waals surface area contributed by atoms with Crippen molar-refractivity contribution in [2.45, 2.75) is 13.0 Å². The van der Waals surface area contributed by atoms with Crippen LogP contribution in [0.2, 0.25) is 0 Å². The van der Waals surface area contributed by atoms with E-state index in [4.69, 9.17) is 4.42 Å². The number of rotatable bonds is 2. The minimum atomic E-state index is -0.0388. The summed E-state index contributed by atoms with van der Waals surface area (Å²) in [6.45, 7) is 4.39. The van der Waals surface area contributed by atoms with E-state index in [2.05, 4.69) is 15.5 Å². The maximum atomic E-state index is 12.4. The Morgan fingerprint density at radius 1 is 1.55 bits per heavy atom. The minimum Gasteiger partial charge on any atom is -0.463 e. The van der Waals surface area contributed by atoms with Crippen LogP contribution >= 0.6 is 12.4 Å². The normalized spacial score (nSPS) is 18.6. The van der Waals surface area contributed by atoms with Gasteiger partial charge in [0.05, 0.1) is 6.26 Å². The predicted molar refractivity (Wildman–Crippen MR) is 76.9 cm³/mol. The van der Waals surface area contributed by atoms with Gasteiger partial charge < -0.3 is 14.6 Å². The summed E-state index contributed by atoms with van der Waals surface area (Å²) >= 11 is 0. The van der Waals surface area contributed by atoms with Gasteiger partial charge in [-0.2, -0.15) is 5.10 Å². The van der Waals surface area contributed by atoms with Crippen molar-refractivity contribution in [2.24, 2.45) is 0 Å². The second-order valence-electron chi connectivity index (χ2n) is 4.70. The van der Waals surface area contributed by atoms with Crippen LogP contribution in [0.5, 0.6) is 0 Å². The molecule has 2 aromatic heterocycles. The molecule has 0 aromatic carbocycles. The highest BCUT2D eigenvalue weighted by atomic mass is 35.5. The van der Waals surface area contributed by atoms with Gasteiger partial charge in [-0.15, -0.1) is 12.4 Å². The van der Waals surface area contributed by atoms with Crippen LogP contribution in [0, 0.1) is 0 Å². The minimum absolute atomic E-state index is 0. The first-order valence-electron chi connectivity index (χ1n) is 6.36. The number of carbonyl (C=O) groups excluding carboxylic acids is 1. The van der Waals surface area contributed by atoms with Crippen LogP contribution in [0.1, 0.15) is 17.4 Å². The maximum absolute atomic E-state index is 12.4. The Labute approximate surface area is 122 Å². The van der Waals surface area contributed by atoms with Gasteiger partial charge in [0, 0.05) is 31.7 Å². The molecular formula is C13H17ClN4O2. The fraction of sp³-hybridized carbons (Fsp3) is 0.385. The quantitative estimate of drug-likeness (QED) is 0.881. The zero-order chi connectivity index (χ0) is 13.2. The molecule has 3 heterocycles. The maximum Gasteiger partial charge on any atom is 0.274 e. The van der Waals surface area contributed by atoms with Crippen molar-refractivity contribution in [3.63, 3.8) is 0 Å². The van der Waals surface area contributed by atoms with Crippen molar-refractivity contribution in [1.82, 2.24) is 20.4 Å². The van der Waals surface area contributed by atoms with E-state index in [1.165, 1.54) is 0 Å². The Balaban J connectivity index is 0.00000147. The molecule has 0 bridgehead atoms. The molecule has 108 valence electrons. The molecular weight excluding hydrogens is 280 g/mol. The van der Waals surface area contributed by atoms with Gasteiger partial charge in [0.1, 0.15) is 5.69 Å². The van der Waals surface area contributed by atoms with Crippen LogP contribution < -0.4 is 5.32 Å². The number of amides is 1. The van der Waals surface area contributed by atoms with Crippen LogP contribution in [0.3, 0.4) is 0 Å². The van der Waals surface area contributed by atoms with Crippen LogP contribution in [0.15, 0.2) is 28.9 Å². The lowest BCUT2D eigenvalue weighted by molar-refractivity contribution is 0.0649. The van der Waals surface area contributed by atoms with Crippen molar-refractivity contribution in [3.05, 3.63) is 30.2 Å². The summed E-state index contributed by atoms with van der Waals surface area (Å²) in [5.41, 5.74) is 1.15. The predicted octanol–water partition coefficient (Wildman–Crippen LogP) is 1.53. The van der Waals surface area contributed by atoms with E-state index in [1.807, 2.05) is 17.9 Å². The lowest BCUT2D eigenvalue weighted by atomic mass is 10.2. The van der Waals surface area contributed by atoms with Crippen molar-refractivity contribution in [3.8, 4) is 11.5 Å². The van der Waals surface area contributed by atoms with Gasteiger partial charge in [-0.3, -0.25) is 9.89 Å². The highest BCUT2D eigenvalue weighted by Crippen LogP contribution is 2.19. The zero-order valence-electron chi connectivity index (χ0n) is 11.1. The van der Waals surface area contributed by atoms with Gasteiger partial charge in [0.15, 0.2) is 11.5 Å². The summed E-state index contributed by atoms with van der Waals surface area (Å²) in [7, 11) is 0. The number of H-pyrrole nitrogens is 1. The lowest BCUT2D eigenvalue weighted by Gasteiger charge is -2.33. The molecule has 1 amide bonds. The van der Waals surface area contributed by atoms with Gasteiger partial charge in [0.2, 0.25) is 0 Å².